The molecule has 1 aliphatic heterocycles. The number of quaternary nitrogens is 1. The largest absolute Gasteiger partial charge is 0.495 e. The summed E-state index contributed by atoms with van der Waals surface area (Å²) in [5, 5.41) is 3.02. The zero-order valence-corrected chi connectivity index (χ0v) is 15.8. The summed E-state index contributed by atoms with van der Waals surface area (Å²) in [4.78, 5) is 13.8. The minimum absolute atomic E-state index is 0.0606. The lowest BCUT2D eigenvalue weighted by Gasteiger charge is -2.29. The molecule has 0 radical (unpaired) electrons. The van der Waals surface area contributed by atoms with Crippen molar-refractivity contribution in [2.75, 3.05) is 32.1 Å². The Morgan fingerprint density at radius 1 is 1.15 bits per heavy atom. The Morgan fingerprint density at radius 3 is 2.58 bits per heavy atom. The van der Waals surface area contributed by atoms with Gasteiger partial charge in [0.15, 0.2) is 6.54 Å². The first-order chi connectivity index (χ1) is 12.6. The fourth-order valence-corrected chi connectivity index (χ4v) is 3.76. The van der Waals surface area contributed by atoms with Gasteiger partial charge in [0.1, 0.15) is 5.75 Å². The number of likely N-dealkylation sites (tertiary alicyclic amines) is 1. The van der Waals surface area contributed by atoms with Crippen LogP contribution in [0.5, 0.6) is 5.75 Å². The van der Waals surface area contributed by atoms with Crippen molar-refractivity contribution >= 4 is 11.6 Å². The normalized spacial score (nSPS) is 19.8. The number of nitrogens with one attached hydrogen (secondary N) is 2. The predicted molar refractivity (Wildman–Crippen MR) is 105 cm³/mol. The van der Waals surface area contributed by atoms with Gasteiger partial charge in [-0.3, -0.25) is 4.79 Å². The number of carbonyl (C=O) groups is 1. The van der Waals surface area contributed by atoms with E-state index in [1.54, 1.807) is 7.11 Å². The molecule has 0 aliphatic carbocycles. The predicted octanol–water partition coefficient (Wildman–Crippen LogP) is 2.48. The van der Waals surface area contributed by atoms with Gasteiger partial charge >= 0.3 is 0 Å². The third-order valence-corrected chi connectivity index (χ3v) is 5.22. The molecule has 0 atom stereocenters. The van der Waals surface area contributed by atoms with Crippen LogP contribution in [-0.4, -0.2) is 32.7 Å². The van der Waals surface area contributed by atoms with Crippen molar-refractivity contribution < 1.29 is 14.4 Å². The van der Waals surface area contributed by atoms with Crippen molar-refractivity contribution in [2.24, 2.45) is 5.92 Å². The lowest BCUT2D eigenvalue weighted by molar-refractivity contribution is -0.898. The maximum Gasteiger partial charge on any atom is 0.279 e. The molecule has 1 fully saturated rings. The average Bonchev–Trinajstić information content (AvgIpc) is 2.64. The van der Waals surface area contributed by atoms with Crippen LogP contribution in [0, 0.1) is 12.8 Å². The van der Waals surface area contributed by atoms with Crippen molar-refractivity contribution in [3.8, 4) is 5.75 Å². The molecule has 4 heteroatoms. The van der Waals surface area contributed by atoms with Gasteiger partial charge in [0, 0.05) is 0 Å². The Bertz CT molecular complexity index is 722. The molecule has 138 valence electrons. The minimum atomic E-state index is 0.0606. The first-order valence-corrected chi connectivity index (χ1v) is 9.46. The van der Waals surface area contributed by atoms with Gasteiger partial charge in [0.25, 0.3) is 5.91 Å². The molecule has 1 saturated heterocycles. The molecular formula is C22H29N2O2+. The minimum Gasteiger partial charge on any atom is -0.495 e. The maximum atomic E-state index is 12.4. The number of hydrogen-bond donors (Lipinski definition) is 2. The lowest BCUT2D eigenvalue weighted by Crippen LogP contribution is -3.14. The van der Waals surface area contributed by atoms with Gasteiger partial charge < -0.3 is 15.0 Å². The van der Waals surface area contributed by atoms with Gasteiger partial charge in [-0.2, -0.15) is 0 Å². The lowest BCUT2D eigenvalue weighted by atomic mass is 9.90. The monoisotopic (exact) mass is 353 g/mol. The van der Waals surface area contributed by atoms with E-state index in [1.807, 2.05) is 25.1 Å². The van der Waals surface area contributed by atoms with Crippen LogP contribution in [0.2, 0.25) is 0 Å². The van der Waals surface area contributed by atoms with Crippen molar-refractivity contribution in [3.63, 3.8) is 0 Å². The Hall–Kier alpha value is -2.33. The van der Waals surface area contributed by atoms with E-state index in [2.05, 4.69) is 35.6 Å². The van der Waals surface area contributed by atoms with Gasteiger partial charge in [-0.1, -0.05) is 36.4 Å². The van der Waals surface area contributed by atoms with Gasteiger partial charge in [-0.25, -0.2) is 0 Å². The average molecular weight is 353 g/mol. The second-order valence-electron chi connectivity index (χ2n) is 7.31. The summed E-state index contributed by atoms with van der Waals surface area (Å²) < 4.78 is 5.34. The van der Waals surface area contributed by atoms with Crippen molar-refractivity contribution in [1.82, 2.24) is 0 Å². The summed E-state index contributed by atoms with van der Waals surface area (Å²) in [6, 6.07) is 16.5. The van der Waals surface area contributed by atoms with Crippen LogP contribution in [0.4, 0.5) is 5.69 Å². The number of anilines is 1. The molecule has 4 nitrogen and oxygen atoms in total. The highest BCUT2D eigenvalue weighted by atomic mass is 16.5. The summed E-state index contributed by atoms with van der Waals surface area (Å²) in [6.45, 7) is 4.67. The number of piperidine rings is 1. The van der Waals surface area contributed by atoms with Gasteiger partial charge in [0.05, 0.1) is 25.9 Å². The second-order valence-corrected chi connectivity index (χ2v) is 7.31. The molecule has 2 N–H and O–H groups in total. The molecular weight excluding hydrogens is 324 g/mol. The summed E-state index contributed by atoms with van der Waals surface area (Å²) in [5.41, 5.74) is 3.29. The highest BCUT2D eigenvalue weighted by Gasteiger charge is 2.24. The quantitative estimate of drug-likeness (QED) is 0.838. The number of aryl methyl sites for hydroxylation is 1. The Labute approximate surface area is 156 Å². The zero-order chi connectivity index (χ0) is 18.4. The standard InChI is InChI=1S/C22H28N2O2/c1-17-8-9-21(26-2)20(14-17)23-22(25)16-24-12-10-19(11-13-24)15-18-6-4-3-5-7-18/h3-9,14,19H,10-13,15-16H2,1-2H3,(H,23,25)/p+1. The smallest absolute Gasteiger partial charge is 0.279 e. The molecule has 0 unspecified atom stereocenters. The summed E-state index contributed by atoms with van der Waals surface area (Å²) in [7, 11) is 1.63. The molecule has 1 aliphatic rings. The highest BCUT2D eigenvalue weighted by molar-refractivity contribution is 5.93. The maximum absolute atomic E-state index is 12.4. The van der Waals surface area contributed by atoms with Crippen molar-refractivity contribution in [1.29, 1.82) is 0 Å². The van der Waals surface area contributed by atoms with Gasteiger partial charge in [-0.15, -0.1) is 0 Å². The molecule has 0 saturated carbocycles. The van der Waals surface area contributed by atoms with Crippen LogP contribution in [0.3, 0.4) is 0 Å². The van der Waals surface area contributed by atoms with E-state index < -0.39 is 0 Å². The Morgan fingerprint density at radius 2 is 1.88 bits per heavy atom. The number of hydrogen-bond acceptors (Lipinski definition) is 2. The third-order valence-electron chi connectivity index (χ3n) is 5.22. The number of benzene rings is 2. The molecule has 2 aromatic rings. The van der Waals surface area contributed by atoms with Crippen LogP contribution in [-0.2, 0) is 11.2 Å². The van der Waals surface area contributed by atoms with Crippen LogP contribution < -0.4 is 15.0 Å². The number of amides is 1. The second kappa shape index (κ2) is 8.86. The number of methoxy groups -OCH3 is 1. The Kier molecular flexibility index (Phi) is 6.29. The summed E-state index contributed by atoms with van der Waals surface area (Å²) in [6.07, 6.45) is 3.53. The fourth-order valence-electron chi connectivity index (χ4n) is 3.76. The molecule has 1 heterocycles. The van der Waals surface area contributed by atoms with Gasteiger partial charge in [-0.05, 0) is 55.4 Å². The SMILES string of the molecule is COc1ccc(C)cc1NC(=O)C[NH+]1CCC(Cc2ccccc2)CC1. The molecule has 2 aromatic carbocycles. The van der Waals surface area contributed by atoms with Gasteiger partial charge in [0.2, 0.25) is 0 Å². The summed E-state index contributed by atoms with van der Waals surface area (Å²) in [5.74, 6) is 1.51. The van der Waals surface area contributed by atoms with Crippen molar-refractivity contribution in [2.45, 2.75) is 26.2 Å². The topological polar surface area (TPSA) is 42.8 Å². The zero-order valence-electron chi connectivity index (χ0n) is 15.8. The molecule has 0 aromatic heterocycles. The van der Waals surface area contributed by atoms with Crippen LogP contribution >= 0.6 is 0 Å². The summed E-state index contributed by atoms with van der Waals surface area (Å²) >= 11 is 0. The first-order valence-electron chi connectivity index (χ1n) is 9.46. The van der Waals surface area contributed by atoms with Crippen LogP contribution in [0.1, 0.15) is 24.0 Å². The van der Waals surface area contributed by atoms with E-state index in [4.69, 9.17) is 4.74 Å². The molecule has 26 heavy (non-hydrogen) atoms. The molecule has 0 spiro atoms. The Balaban J connectivity index is 1.47. The van der Waals surface area contributed by atoms with E-state index in [9.17, 15) is 4.79 Å². The van der Waals surface area contributed by atoms with E-state index in [-0.39, 0.29) is 5.91 Å². The molecule has 3 rings (SSSR count). The van der Waals surface area contributed by atoms with Crippen LogP contribution in [0.25, 0.3) is 0 Å². The molecule has 0 bridgehead atoms. The highest BCUT2D eigenvalue weighted by Crippen LogP contribution is 2.25. The fraction of sp³-hybridized carbons (Fsp3) is 0.409. The first kappa shape index (κ1) is 18.5. The number of carbonyl (C=O) groups excluding carboxylic acids is 1. The van der Waals surface area contributed by atoms with Crippen LogP contribution in [0.15, 0.2) is 48.5 Å². The van der Waals surface area contributed by atoms with E-state index in [0.29, 0.717) is 12.3 Å². The van der Waals surface area contributed by atoms with E-state index in [1.165, 1.54) is 23.3 Å². The van der Waals surface area contributed by atoms with E-state index >= 15 is 0 Å². The number of rotatable bonds is 6. The third kappa shape index (κ3) is 5.09. The number of ether oxygens (including phenoxy) is 1. The van der Waals surface area contributed by atoms with E-state index in [0.717, 1.165) is 36.7 Å². The van der Waals surface area contributed by atoms with Crippen molar-refractivity contribution in [3.05, 3.63) is 59.7 Å². The molecule has 1 amide bonds.